The second kappa shape index (κ2) is 7.32. The minimum Gasteiger partial charge on any atom is -0.338 e. The van der Waals surface area contributed by atoms with Crippen molar-refractivity contribution in [1.29, 1.82) is 0 Å². The van der Waals surface area contributed by atoms with E-state index in [9.17, 15) is 21.6 Å². The maximum absolute atomic E-state index is 13.1. The molecule has 0 spiro atoms. The molecule has 9 nitrogen and oxygen atoms in total. The molecule has 4 aromatic rings. The number of imidazole rings is 1. The lowest BCUT2D eigenvalue weighted by atomic mass is 10.1. The summed E-state index contributed by atoms with van der Waals surface area (Å²) in [5, 5.41) is 3.97. The third-order valence-corrected chi connectivity index (χ3v) is 7.76. The molecule has 0 amide bonds. The van der Waals surface area contributed by atoms with E-state index in [-0.39, 0.29) is 44.6 Å². The Bertz CT molecular complexity index is 1540. The molecule has 13 heteroatoms. The highest BCUT2D eigenvalue weighted by atomic mass is 32.2. The van der Waals surface area contributed by atoms with Crippen molar-refractivity contribution in [2.24, 2.45) is 7.05 Å². The lowest BCUT2D eigenvalue weighted by Gasteiger charge is -2.10. The number of fused-ring (bicyclic) bond motifs is 1. The van der Waals surface area contributed by atoms with Crippen LogP contribution < -0.4 is 0 Å². The summed E-state index contributed by atoms with van der Waals surface area (Å²) >= 11 is 0. The number of aryl methyl sites for hydroxylation is 1. The van der Waals surface area contributed by atoms with Crippen LogP contribution in [0.4, 0.5) is 13.2 Å². The van der Waals surface area contributed by atoms with Crippen molar-refractivity contribution in [3.63, 3.8) is 0 Å². The molecule has 0 unspecified atom stereocenters. The predicted octanol–water partition coefficient (Wildman–Crippen LogP) is 3.94. The number of halogens is 3. The number of sulfone groups is 1. The van der Waals surface area contributed by atoms with Gasteiger partial charge in [0.05, 0.1) is 16.2 Å². The van der Waals surface area contributed by atoms with Crippen LogP contribution in [0.2, 0.25) is 0 Å². The predicted molar refractivity (Wildman–Crippen MR) is 114 cm³/mol. The van der Waals surface area contributed by atoms with E-state index < -0.39 is 21.6 Å². The van der Waals surface area contributed by atoms with E-state index in [1.165, 1.54) is 30.8 Å². The molecule has 0 saturated heterocycles. The smallest absolute Gasteiger partial charge is 0.338 e. The van der Waals surface area contributed by atoms with Crippen molar-refractivity contribution < 1.29 is 26.1 Å². The van der Waals surface area contributed by atoms with E-state index in [2.05, 4.69) is 25.1 Å². The van der Waals surface area contributed by atoms with Gasteiger partial charge in [-0.05, 0) is 25.0 Å². The lowest BCUT2D eigenvalue weighted by Crippen LogP contribution is -2.09. The number of pyridine rings is 2. The largest absolute Gasteiger partial charge is 0.417 e. The molecule has 0 atom stereocenters. The molecular weight excluding hydrogens is 473 g/mol. The number of hydrogen-bond acceptors (Lipinski definition) is 8. The van der Waals surface area contributed by atoms with Crippen molar-refractivity contribution in [3.05, 3.63) is 36.0 Å². The van der Waals surface area contributed by atoms with Gasteiger partial charge in [-0.25, -0.2) is 18.4 Å². The molecule has 5 rings (SSSR count). The minimum atomic E-state index is -4.59. The van der Waals surface area contributed by atoms with Gasteiger partial charge in [0.15, 0.2) is 21.3 Å². The summed E-state index contributed by atoms with van der Waals surface area (Å²) in [6.45, 7) is 3.49. The van der Waals surface area contributed by atoms with E-state index in [0.29, 0.717) is 17.7 Å². The highest BCUT2D eigenvalue weighted by Gasteiger charge is 2.44. The molecule has 0 N–H and O–H groups in total. The number of nitrogens with zero attached hydrogens (tertiary/aromatic N) is 6. The third kappa shape index (κ3) is 3.63. The van der Waals surface area contributed by atoms with Crippen LogP contribution in [-0.4, -0.2) is 43.8 Å². The molecule has 4 aromatic heterocycles. The van der Waals surface area contributed by atoms with Gasteiger partial charge in [-0.15, -0.1) is 0 Å². The Morgan fingerprint density at radius 3 is 2.53 bits per heavy atom. The second-order valence-corrected chi connectivity index (χ2v) is 10.8. The molecule has 34 heavy (non-hydrogen) atoms. The zero-order valence-corrected chi connectivity index (χ0v) is 19.2. The first-order valence-corrected chi connectivity index (χ1v) is 12.1. The molecular formula is C21H19F3N6O3S. The molecule has 0 aromatic carbocycles. The van der Waals surface area contributed by atoms with Gasteiger partial charge in [-0.1, -0.05) is 19.0 Å². The van der Waals surface area contributed by atoms with Crippen molar-refractivity contribution in [1.82, 2.24) is 29.7 Å². The quantitative estimate of drug-likeness (QED) is 0.411. The monoisotopic (exact) mass is 492 g/mol. The summed E-state index contributed by atoms with van der Waals surface area (Å²) in [5.74, 6) is 0.533. The zero-order chi connectivity index (χ0) is 24.5. The van der Waals surface area contributed by atoms with E-state index in [1.807, 2.05) is 6.92 Å². The summed E-state index contributed by atoms with van der Waals surface area (Å²) in [7, 11) is -2.27. The number of rotatable bonds is 5. The van der Waals surface area contributed by atoms with Gasteiger partial charge in [-0.3, -0.25) is 4.98 Å². The Balaban J connectivity index is 1.66. The number of alkyl halides is 3. The number of hydrogen-bond donors (Lipinski definition) is 0. The SMILES string of the molecule is CCS(=O)(=O)c1cc(-c2noc(C3(C)CC3)n2)cnc1-c1nc2cc(C(F)(F)F)cnc2n1C. The molecule has 0 radical (unpaired) electrons. The molecule has 1 aliphatic carbocycles. The first-order valence-electron chi connectivity index (χ1n) is 10.4. The first kappa shape index (κ1) is 22.4. The molecule has 1 fully saturated rings. The Kier molecular flexibility index (Phi) is 4.83. The van der Waals surface area contributed by atoms with Crippen molar-refractivity contribution in [3.8, 4) is 22.9 Å². The summed E-state index contributed by atoms with van der Waals surface area (Å²) in [6, 6.07) is 2.26. The summed E-state index contributed by atoms with van der Waals surface area (Å²) in [6.07, 6.45) is -0.628. The standard InChI is InChI=1S/C21H19F3N6O3S/c1-4-34(31,32)14-7-11(16-28-19(33-29-16)20(2)5-6-20)9-25-15(14)18-27-13-8-12(21(22,23)24)10-26-17(13)30(18)3/h7-10H,4-6H2,1-3H3. The second-order valence-electron chi connectivity index (χ2n) is 8.52. The van der Waals surface area contributed by atoms with E-state index >= 15 is 0 Å². The van der Waals surface area contributed by atoms with E-state index in [4.69, 9.17) is 4.52 Å². The summed E-state index contributed by atoms with van der Waals surface area (Å²) in [4.78, 5) is 16.7. The average Bonchev–Trinajstić information content (AvgIpc) is 3.22. The van der Waals surface area contributed by atoms with Crippen molar-refractivity contribution >= 4 is 21.0 Å². The van der Waals surface area contributed by atoms with Gasteiger partial charge in [0.2, 0.25) is 11.7 Å². The fourth-order valence-electron chi connectivity index (χ4n) is 3.56. The fraction of sp³-hybridized carbons (Fsp3) is 0.381. The Morgan fingerprint density at radius 1 is 1.15 bits per heavy atom. The van der Waals surface area contributed by atoms with E-state index in [0.717, 1.165) is 18.9 Å². The number of aromatic nitrogens is 6. The van der Waals surface area contributed by atoms with Gasteiger partial charge in [0, 0.05) is 30.4 Å². The van der Waals surface area contributed by atoms with E-state index in [1.54, 1.807) is 0 Å². The molecule has 1 saturated carbocycles. The van der Waals surface area contributed by atoms with Crippen LogP contribution in [0.25, 0.3) is 34.1 Å². The maximum atomic E-state index is 13.1. The lowest BCUT2D eigenvalue weighted by molar-refractivity contribution is -0.137. The summed E-state index contributed by atoms with van der Waals surface area (Å²) < 4.78 is 72.0. The molecule has 0 bridgehead atoms. The molecule has 4 heterocycles. The van der Waals surface area contributed by atoms with Crippen LogP contribution in [0.5, 0.6) is 0 Å². The Morgan fingerprint density at radius 2 is 1.88 bits per heavy atom. The zero-order valence-electron chi connectivity index (χ0n) is 18.4. The van der Waals surface area contributed by atoms with Gasteiger partial charge in [0.1, 0.15) is 11.2 Å². The first-order chi connectivity index (χ1) is 15.9. The highest BCUT2D eigenvalue weighted by Crippen LogP contribution is 2.47. The summed E-state index contributed by atoms with van der Waals surface area (Å²) in [5.41, 5.74) is -0.644. The van der Waals surface area contributed by atoms with Crippen LogP contribution in [0, 0.1) is 0 Å². The van der Waals surface area contributed by atoms with Crippen LogP contribution in [0.1, 0.15) is 38.1 Å². The van der Waals surface area contributed by atoms with Crippen LogP contribution in [0.3, 0.4) is 0 Å². The molecule has 1 aliphatic rings. The third-order valence-electron chi connectivity index (χ3n) is 6.02. The maximum Gasteiger partial charge on any atom is 0.417 e. The van der Waals surface area contributed by atoms with Crippen LogP contribution >= 0.6 is 0 Å². The van der Waals surface area contributed by atoms with Crippen LogP contribution in [0.15, 0.2) is 33.9 Å². The van der Waals surface area contributed by atoms with Gasteiger partial charge in [0.25, 0.3) is 0 Å². The van der Waals surface area contributed by atoms with Gasteiger partial charge in [-0.2, -0.15) is 18.2 Å². The van der Waals surface area contributed by atoms with Crippen molar-refractivity contribution in [2.45, 2.75) is 43.2 Å². The van der Waals surface area contributed by atoms with Gasteiger partial charge < -0.3 is 9.09 Å². The Labute approximate surface area is 192 Å². The van der Waals surface area contributed by atoms with Gasteiger partial charge >= 0.3 is 6.18 Å². The highest BCUT2D eigenvalue weighted by molar-refractivity contribution is 7.91. The minimum absolute atomic E-state index is 0.00229. The molecule has 0 aliphatic heterocycles. The average molecular weight is 492 g/mol. The Hall–Kier alpha value is -3.35. The fourth-order valence-corrected chi connectivity index (χ4v) is 4.61. The normalized spacial score (nSPS) is 15.7. The van der Waals surface area contributed by atoms with Crippen molar-refractivity contribution in [2.75, 3.05) is 5.75 Å². The topological polar surface area (TPSA) is 117 Å². The molecule has 178 valence electrons. The van der Waals surface area contributed by atoms with Crippen LogP contribution in [-0.2, 0) is 28.5 Å².